The van der Waals surface area contributed by atoms with Gasteiger partial charge in [0.15, 0.2) is 0 Å². The molecule has 1 atom stereocenters. The van der Waals surface area contributed by atoms with Gasteiger partial charge in [0.05, 0.1) is 30.5 Å². The van der Waals surface area contributed by atoms with Gasteiger partial charge in [0.1, 0.15) is 17.2 Å². The van der Waals surface area contributed by atoms with Gasteiger partial charge < -0.3 is 19.4 Å². The third-order valence-corrected chi connectivity index (χ3v) is 6.72. The number of amides is 1. The van der Waals surface area contributed by atoms with Crippen molar-refractivity contribution in [2.45, 2.75) is 19.9 Å². The molecule has 0 spiro atoms. The normalized spacial score (nSPS) is 20.0. The predicted octanol–water partition coefficient (Wildman–Crippen LogP) is -0.417. The minimum atomic E-state index is -0.240. The Balaban J connectivity index is 1.55. The number of tetrazole rings is 1. The number of rotatable bonds is 2. The van der Waals surface area contributed by atoms with Crippen LogP contribution in [-0.2, 0) is 17.7 Å². The fourth-order valence-electron chi connectivity index (χ4n) is 4.06. The van der Waals surface area contributed by atoms with Gasteiger partial charge in [0.25, 0.3) is 5.78 Å². The van der Waals surface area contributed by atoms with E-state index in [4.69, 9.17) is 9.72 Å². The van der Waals surface area contributed by atoms with E-state index in [-0.39, 0.29) is 6.09 Å². The molecule has 5 heterocycles. The van der Waals surface area contributed by atoms with Crippen molar-refractivity contribution >= 4 is 39.2 Å². The summed E-state index contributed by atoms with van der Waals surface area (Å²) >= 11 is 1.78. The molecule has 1 fully saturated rings. The average Bonchev–Trinajstić information content (AvgIpc) is 3.31. The molecular weight excluding hydrogens is 380 g/mol. The van der Waals surface area contributed by atoms with E-state index < -0.39 is 0 Å². The lowest BCUT2D eigenvalue weighted by atomic mass is 10.0. The van der Waals surface area contributed by atoms with Gasteiger partial charge in [-0.2, -0.15) is 9.50 Å². The number of quaternary nitrogens is 1. The molecule has 10 nitrogen and oxygen atoms in total. The molecule has 0 saturated carbocycles. The molecule has 2 aliphatic heterocycles. The second-order valence-electron chi connectivity index (χ2n) is 7.32. The monoisotopic (exact) mass is 403 g/mol. The first-order valence-corrected chi connectivity index (χ1v) is 10.5. The standard InChI is InChI=1S/C17H22N8O2S/c1-3-27-17(26)24-8-6-23(7-9-24)14-13-11-4-5-22(2)10-12(11)28-15(13)25-16(18-14)19-20-21-25/h3-10H2,1-2H3/p+1. The Morgan fingerprint density at radius 1 is 1.29 bits per heavy atom. The molecule has 3 aromatic rings. The van der Waals surface area contributed by atoms with Gasteiger partial charge >= 0.3 is 6.09 Å². The maximum Gasteiger partial charge on any atom is 0.409 e. The maximum absolute atomic E-state index is 12.0. The summed E-state index contributed by atoms with van der Waals surface area (Å²) in [5.74, 6) is 1.47. The number of hydrogen-bond donors (Lipinski definition) is 1. The number of nitrogens with one attached hydrogen (secondary N) is 1. The molecule has 1 amide bonds. The van der Waals surface area contributed by atoms with Crippen molar-refractivity contribution in [2.75, 3.05) is 51.3 Å². The quantitative estimate of drug-likeness (QED) is 0.621. The van der Waals surface area contributed by atoms with Crippen LogP contribution in [0.2, 0.25) is 0 Å². The number of anilines is 1. The van der Waals surface area contributed by atoms with E-state index in [1.165, 1.54) is 20.7 Å². The largest absolute Gasteiger partial charge is 0.450 e. The molecule has 1 N–H and O–H groups in total. The zero-order chi connectivity index (χ0) is 19.3. The fourth-order valence-corrected chi connectivity index (χ4v) is 5.46. The molecule has 0 bridgehead atoms. The topological polar surface area (TPSA) is 93.2 Å². The number of carbonyl (C=O) groups is 1. The summed E-state index contributed by atoms with van der Waals surface area (Å²) < 4.78 is 6.89. The van der Waals surface area contributed by atoms with Crippen LogP contribution in [0.5, 0.6) is 0 Å². The van der Waals surface area contributed by atoms with Crippen LogP contribution in [-0.4, -0.2) is 82.4 Å². The van der Waals surface area contributed by atoms with E-state index in [2.05, 4.69) is 27.5 Å². The molecule has 2 aliphatic rings. The van der Waals surface area contributed by atoms with Crippen LogP contribution in [0.3, 0.4) is 0 Å². The van der Waals surface area contributed by atoms with Crippen LogP contribution < -0.4 is 9.80 Å². The molecule has 0 radical (unpaired) electrons. The van der Waals surface area contributed by atoms with Gasteiger partial charge in [-0.05, 0) is 22.9 Å². The Morgan fingerprint density at radius 3 is 2.89 bits per heavy atom. The van der Waals surface area contributed by atoms with E-state index in [1.807, 2.05) is 6.92 Å². The predicted molar refractivity (Wildman–Crippen MR) is 104 cm³/mol. The summed E-state index contributed by atoms with van der Waals surface area (Å²) in [6.07, 6.45) is 0.794. The van der Waals surface area contributed by atoms with Crippen LogP contribution in [0.25, 0.3) is 16.0 Å². The Labute approximate surface area is 165 Å². The zero-order valence-corrected chi connectivity index (χ0v) is 16.8. The van der Waals surface area contributed by atoms with Crippen molar-refractivity contribution in [1.82, 2.24) is 29.9 Å². The maximum atomic E-state index is 12.0. The lowest BCUT2D eigenvalue weighted by molar-refractivity contribution is -0.895. The number of piperazine rings is 1. The third-order valence-electron chi connectivity index (χ3n) is 5.52. The first kappa shape index (κ1) is 17.6. The van der Waals surface area contributed by atoms with E-state index in [0.717, 1.165) is 30.2 Å². The third kappa shape index (κ3) is 2.76. The smallest absolute Gasteiger partial charge is 0.409 e. The molecular formula is C17H23N8O2S+. The van der Waals surface area contributed by atoms with E-state index in [1.54, 1.807) is 20.8 Å². The van der Waals surface area contributed by atoms with Crippen molar-refractivity contribution in [2.24, 2.45) is 0 Å². The molecule has 0 aromatic carbocycles. The lowest BCUT2D eigenvalue weighted by Crippen LogP contribution is -3.08. The highest BCUT2D eigenvalue weighted by Crippen LogP contribution is 2.38. The highest BCUT2D eigenvalue weighted by molar-refractivity contribution is 7.19. The second kappa shape index (κ2) is 6.82. The summed E-state index contributed by atoms with van der Waals surface area (Å²) in [5.41, 5.74) is 1.39. The van der Waals surface area contributed by atoms with Crippen molar-refractivity contribution in [3.63, 3.8) is 0 Å². The first-order valence-electron chi connectivity index (χ1n) is 9.66. The van der Waals surface area contributed by atoms with Crippen LogP contribution in [0.1, 0.15) is 17.4 Å². The highest BCUT2D eigenvalue weighted by atomic mass is 32.1. The van der Waals surface area contributed by atoms with Crippen molar-refractivity contribution in [1.29, 1.82) is 0 Å². The fraction of sp³-hybridized carbons (Fsp3) is 0.588. The first-order chi connectivity index (χ1) is 13.7. The number of ether oxygens (including phenoxy) is 1. The van der Waals surface area contributed by atoms with Gasteiger partial charge in [-0.1, -0.05) is 5.10 Å². The van der Waals surface area contributed by atoms with E-state index in [0.29, 0.717) is 38.6 Å². The number of thiophene rings is 1. The molecule has 5 rings (SSSR count). The van der Waals surface area contributed by atoms with Gasteiger partial charge in [-0.3, -0.25) is 0 Å². The number of hydrogen-bond acceptors (Lipinski definition) is 8. The molecule has 0 aliphatic carbocycles. The Kier molecular flexibility index (Phi) is 4.27. The second-order valence-corrected chi connectivity index (χ2v) is 8.40. The van der Waals surface area contributed by atoms with Crippen molar-refractivity contribution in [3.8, 4) is 0 Å². The van der Waals surface area contributed by atoms with E-state index >= 15 is 0 Å². The lowest BCUT2D eigenvalue weighted by Gasteiger charge is -2.35. The van der Waals surface area contributed by atoms with E-state index in [9.17, 15) is 4.79 Å². The number of likely N-dealkylation sites (N-methyl/N-ethyl adjacent to an activating group) is 1. The molecule has 28 heavy (non-hydrogen) atoms. The molecule has 3 aromatic heterocycles. The number of nitrogens with zero attached hydrogens (tertiary/aromatic N) is 7. The van der Waals surface area contributed by atoms with Gasteiger partial charge in [0.2, 0.25) is 0 Å². The summed E-state index contributed by atoms with van der Waals surface area (Å²) in [7, 11) is 2.23. The number of carbonyl (C=O) groups excluding carboxylic acids is 1. The number of aromatic nitrogens is 5. The Morgan fingerprint density at radius 2 is 2.11 bits per heavy atom. The van der Waals surface area contributed by atoms with Crippen molar-refractivity contribution in [3.05, 3.63) is 10.4 Å². The zero-order valence-electron chi connectivity index (χ0n) is 16.0. The minimum Gasteiger partial charge on any atom is -0.450 e. The van der Waals surface area contributed by atoms with Crippen molar-refractivity contribution < 1.29 is 14.4 Å². The highest BCUT2D eigenvalue weighted by Gasteiger charge is 2.30. The van der Waals surface area contributed by atoms with Crippen LogP contribution in [0, 0.1) is 0 Å². The van der Waals surface area contributed by atoms with Crippen LogP contribution in [0.4, 0.5) is 10.6 Å². The van der Waals surface area contributed by atoms with Gasteiger partial charge in [-0.25, -0.2) is 4.79 Å². The van der Waals surface area contributed by atoms with Gasteiger partial charge in [0, 0.05) is 32.6 Å². The molecule has 148 valence electrons. The summed E-state index contributed by atoms with van der Waals surface area (Å²) in [6, 6.07) is 0. The SMILES string of the molecule is CCOC(=O)N1CCN(c2nc3nnnn3c3sc4c(c23)CC[NH+](C)C4)CC1. The number of fused-ring (bicyclic) bond motifs is 5. The van der Waals surface area contributed by atoms with Crippen LogP contribution >= 0.6 is 11.3 Å². The Hall–Kier alpha value is -2.53. The summed E-state index contributed by atoms with van der Waals surface area (Å²) in [5, 5.41) is 13.3. The minimum absolute atomic E-state index is 0.240. The summed E-state index contributed by atoms with van der Waals surface area (Å²) in [6.45, 7) is 7.04. The molecule has 1 saturated heterocycles. The molecule has 1 unspecified atom stereocenters. The summed E-state index contributed by atoms with van der Waals surface area (Å²) in [4.78, 5) is 24.8. The Bertz CT molecular complexity index is 1040. The molecule has 11 heteroatoms. The van der Waals surface area contributed by atoms with Crippen LogP contribution in [0.15, 0.2) is 0 Å². The average molecular weight is 403 g/mol. The van der Waals surface area contributed by atoms with Gasteiger partial charge in [-0.15, -0.1) is 11.3 Å².